The van der Waals surface area contributed by atoms with Crippen molar-refractivity contribution in [3.8, 4) is 11.4 Å². The summed E-state index contributed by atoms with van der Waals surface area (Å²) in [6.45, 7) is 2.24. The van der Waals surface area contributed by atoms with E-state index in [0.717, 1.165) is 57.2 Å². The van der Waals surface area contributed by atoms with Crippen LogP contribution in [0.2, 0.25) is 0 Å². The summed E-state index contributed by atoms with van der Waals surface area (Å²) in [5.41, 5.74) is 11.4. The van der Waals surface area contributed by atoms with E-state index >= 15 is 0 Å². The lowest BCUT2D eigenvalue weighted by atomic mass is 9.85. The highest BCUT2D eigenvalue weighted by Gasteiger charge is 2.37. The maximum Gasteiger partial charge on any atom is 0.123 e. The molecule has 0 unspecified atom stereocenters. The van der Waals surface area contributed by atoms with Crippen LogP contribution < -0.4 is 5.32 Å². The van der Waals surface area contributed by atoms with Gasteiger partial charge >= 0.3 is 0 Å². The van der Waals surface area contributed by atoms with E-state index in [4.69, 9.17) is 4.98 Å². The summed E-state index contributed by atoms with van der Waals surface area (Å²) in [5, 5.41) is 3.45. The van der Waals surface area contributed by atoms with Crippen molar-refractivity contribution in [1.82, 2.24) is 20.3 Å². The van der Waals surface area contributed by atoms with Gasteiger partial charge in [-0.2, -0.15) is 0 Å². The fourth-order valence-electron chi connectivity index (χ4n) is 5.23. The minimum Gasteiger partial charge on any atom is -0.373 e. The van der Waals surface area contributed by atoms with Gasteiger partial charge in [-0.1, -0.05) is 43.3 Å². The van der Waals surface area contributed by atoms with E-state index in [0.29, 0.717) is 5.92 Å². The van der Waals surface area contributed by atoms with E-state index in [1.165, 1.54) is 17.3 Å². The molecule has 0 spiro atoms. The number of aromatic nitrogens is 3. The summed E-state index contributed by atoms with van der Waals surface area (Å²) in [6.07, 6.45) is 9.22. The zero-order chi connectivity index (χ0) is 23.5. The van der Waals surface area contributed by atoms with Gasteiger partial charge in [0.15, 0.2) is 0 Å². The van der Waals surface area contributed by atoms with Gasteiger partial charge in [0.2, 0.25) is 0 Å². The second kappa shape index (κ2) is 7.64. The van der Waals surface area contributed by atoms with Gasteiger partial charge in [-0.15, -0.1) is 0 Å². The molecule has 0 saturated carbocycles. The maximum atomic E-state index is 14.1. The third-order valence-electron chi connectivity index (χ3n) is 7.14. The fraction of sp³-hybridized carbons (Fsp3) is 0.133. The third kappa shape index (κ3) is 3.35. The Balaban J connectivity index is 1.36. The molecular formula is C30H23FN4. The number of benzene rings is 1. The van der Waals surface area contributed by atoms with Crippen LogP contribution in [0.1, 0.15) is 59.1 Å². The lowest BCUT2D eigenvalue weighted by Gasteiger charge is -2.22. The quantitative estimate of drug-likeness (QED) is 0.343. The summed E-state index contributed by atoms with van der Waals surface area (Å²) in [7, 11) is 0. The summed E-state index contributed by atoms with van der Waals surface area (Å²) < 4.78 is 14.1. The molecule has 0 amide bonds. The fourth-order valence-corrected chi connectivity index (χ4v) is 5.23. The molecule has 3 aromatic heterocycles. The number of H-pyrrole nitrogens is 1. The molecule has 1 saturated heterocycles. The Morgan fingerprint density at radius 1 is 0.943 bits per heavy atom. The molecule has 2 N–H and O–H groups in total. The molecule has 7 rings (SSSR count). The molecule has 4 nitrogen and oxygen atoms in total. The molecule has 4 aromatic rings. The minimum atomic E-state index is -0.231. The van der Waals surface area contributed by atoms with Crippen molar-refractivity contribution >= 4 is 11.1 Å². The van der Waals surface area contributed by atoms with E-state index in [-0.39, 0.29) is 11.9 Å². The second-order valence-electron chi connectivity index (χ2n) is 9.40. The van der Waals surface area contributed by atoms with Crippen LogP contribution >= 0.6 is 0 Å². The first-order valence-electron chi connectivity index (χ1n) is 12.0. The Morgan fingerprint density at radius 2 is 1.89 bits per heavy atom. The van der Waals surface area contributed by atoms with Crippen LogP contribution in [0.15, 0.2) is 90.8 Å². The Kier molecular flexibility index (Phi) is 4.40. The number of nitrogens with one attached hydrogen (secondary N) is 2. The predicted molar refractivity (Wildman–Crippen MR) is 136 cm³/mol. The molecule has 0 radical (unpaired) electrons. The van der Waals surface area contributed by atoms with E-state index < -0.39 is 0 Å². The van der Waals surface area contributed by atoms with Crippen molar-refractivity contribution in [3.63, 3.8) is 0 Å². The Morgan fingerprint density at radius 3 is 2.74 bits per heavy atom. The molecule has 1 aromatic carbocycles. The standard InChI is InChI=1S/C30H23FN4/c1-17-8-9-22(28-20(17)10-12-25(33-28)24-7-2-3-14-32-24)27-16-23-21(18-5-4-6-19(31)15-18)11-13-26-30(34-26)29(23)35-27/h2-7,9-17,30,34-35H,8H2,1H3/t17-,30-/m1/s1. The summed E-state index contributed by atoms with van der Waals surface area (Å²) in [5.74, 6) is 0.166. The van der Waals surface area contributed by atoms with E-state index in [9.17, 15) is 4.39 Å². The number of allylic oxidation sites excluding steroid dienone is 3. The number of fused-ring (bicyclic) bond motifs is 4. The number of rotatable bonds is 3. The Labute approximate surface area is 203 Å². The van der Waals surface area contributed by atoms with Gasteiger partial charge in [0, 0.05) is 28.7 Å². The Bertz CT molecular complexity index is 1580. The van der Waals surface area contributed by atoms with Crippen molar-refractivity contribution in [2.75, 3.05) is 0 Å². The molecule has 3 aliphatic rings. The van der Waals surface area contributed by atoms with E-state index in [2.05, 4.69) is 58.6 Å². The average Bonchev–Trinajstić information content (AvgIpc) is 3.56. The monoisotopic (exact) mass is 458 g/mol. The lowest BCUT2D eigenvalue weighted by molar-refractivity contribution is 0.627. The molecule has 35 heavy (non-hydrogen) atoms. The van der Waals surface area contributed by atoms with Gasteiger partial charge in [0.05, 0.1) is 22.8 Å². The highest BCUT2D eigenvalue weighted by atomic mass is 19.1. The van der Waals surface area contributed by atoms with Crippen LogP contribution in [-0.4, -0.2) is 15.0 Å². The van der Waals surface area contributed by atoms with Crippen molar-refractivity contribution < 1.29 is 4.39 Å². The van der Waals surface area contributed by atoms with Crippen LogP contribution in [0.25, 0.3) is 22.5 Å². The largest absolute Gasteiger partial charge is 0.373 e. The highest BCUT2D eigenvalue weighted by Crippen LogP contribution is 2.45. The number of nitrogens with zero attached hydrogens (tertiary/aromatic N) is 2. The molecule has 1 fully saturated rings. The van der Waals surface area contributed by atoms with Crippen molar-refractivity contribution in [1.29, 1.82) is 0 Å². The van der Waals surface area contributed by atoms with Crippen molar-refractivity contribution in [2.24, 2.45) is 0 Å². The lowest BCUT2D eigenvalue weighted by Crippen LogP contribution is -2.08. The molecule has 170 valence electrons. The number of pyridine rings is 2. The van der Waals surface area contributed by atoms with E-state index in [1.54, 1.807) is 18.3 Å². The summed E-state index contributed by atoms with van der Waals surface area (Å²) in [4.78, 5) is 13.3. The summed E-state index contributed by atoms with van der Waals surface area (Å²) >= 11 is 0. The van der Waals surface area contributed by atoms with Gasteiger partial charge in [-0.25, -0.2) is 9.37 Å². The van der Waals surface area contributed by atoms with Crippen LogP contribution in [0, 0.1) is 5.82 Å². The topological polar surface area (TPSA) is 63.5 Å². The van der Waals surface area contributed by atoms with Gasteiger partial charge in [-0.05, 0) is 71.5 Å². The molecule has 2 atom stereocenters. The molecule has 5 heteroatoms. The number of halogens is 1. The van der Waals surface area contributed by atoms with Crippen LogP contribution in [0.5, 0.6) is 0 Å². The molecular weight excluding hydrogens is 435 g/mol. The number of hydrogen-bond acceptors (Lipinski definition) is 3. The SMILES string of the molecule is C[C@@H]1CC=C(c2cc3c([nH]2)[C@@H]2NC2=CC=C3c2cccc(F)c2)c2nc(-c3ccccn3)ccc21. The maximum absolute atomic E-state index is 14.1. The Hall–Kier alpha value is -4.25. The minimum absolute atomic E-state index is 0.163. The predicted octanol–water partition coefficient (Wildman–Crippen LogP) is 6.52. The first-order chi connectivity index (χ1) is 17.2. The average molecular weight is 459 g/mol. The first kappa shape index (κ1) is 20.2. The van der Waals surface area contributed by atoms with Gasteiger partial charge in [0.25, 0.3) is 0 Å². The molecule has 4 heterocycles. The van der Waals surface area contributed by atoms with Gasteiger partial charge in [0.1, 0.15) is 11.9 Å². The van der Waals surface area contributed by atoms with Crippen LogP contribution in [0.3, 0.4) is 0 Å². The number of aromatic amines is 1. The van der Waals surface area contributed by atoms with Crippen molar-refractivity contribution in [2.45, 2.75) is 25.3 Å². The van der Waals surface area contributed by atoms with E-state index in [1.807, 2.05) is 24.3 Å². The van der Waals surface area contributed by atoms with Gasteiger partial charge in [-0.3, -0.25) is 4.98 Å². The van der Waals surface area contributed by atoms with Crippen LogP contribution in [0.4, 0.5) is 4.39 Å². The normalized spacial score (nSPS) is 19.8. The smallest absolute Gasteiger partial charge is 0.123 e. The molecule has 2 aliphatic carbocycles. The van der Waals surface area contributed by atoms with Gasteiger partial charge < -0.3 is 10.3 Å². The first-order valence-corrected chi connectivity index (χ1v) is 12.0. The zero-order valence-electron chi connectivity index (χ0n) is 19.2. The number of hydrogen-bond donors (Lipinski definition) is 2. The van der Waals surface area contributed by atoms with Crippen LogP contribution in [-0.2, 0) is 0 Å². The summed E-state index contributed by atoms with van der Waals surface area (Å²) in [6, 6.07) is 19.3. The third-order valence-corrected chi connectivity index (χ3v) is 7.14. The highest BCUT2D eigenvalue weighted by molar-refractivity contribution is 5.88. The zero-order valence-corrected chi connectivity index (χ0v) is 19.2. The van der Waals surface area contributed by atoms with Crippen molar-refractivity contribution in [3.05, 3.63) is 130 Å². The molecule has 1 aliphatic heterocycles. The molecule has 0 bridgehead atoms. The second-order valence-corrected chi connectivity index (χ2v) is 9.40.